The number of nitrogens with zero attached hydrogens (tertiary/aromatic N) is 1. The third-order valence-corrected chi connectivity index (χ3v) is 2.79. The van der Waals surface area contributed by atoms with Gasteiger partial charge in [0.15, 0.2) is 0 Å². The van der Waals surface area contributed by atoms with Gasteiger partial charge in [0.1, 0.15) is 12.0 Å². The fourth-order valence-electron chi connectivity index (χ4n) is 1.84. The van der Waals surface area contributed by atoms with Crippen molar-refractivity contribution >= 4 is 12.2 Å². The maximum absolute atomic E-state index is 12.1. The van der Waals surface area contributed by atoms with E-state index in [1.54, 1.807) is 4.90 Å². The average molecular weight is 234 g/mol. The van der Waals surface area contributed by atoms with Gasteiger partial charge in [0, 0.05) is 31.7 Å². The van der Waals surface area contributed by atoms with Crippen molar-refractivity contribution in [1.29, 1.82) is 0 Å². The lowest BCUT2D eigenvalue weighted by molar-refractivity contribution is 0.0733. The molecular weight excluding hydrogens is 220 g/mol. The van der Waals surface area contributed by atoms with Crippen molar-refractivity contribution in [2.75, 3.05) is 26.2 Å². The molecule has 1 aromatic carbocycles. The standard InChI is InChI=1S/C12H14N2O3/c15-8-9-1-2-11(16)10(7-9)12(17)14-5-3-13-4-6-14/h1-2,7-8,13,16H,3-6H2. The first-order chi connectivity index (χ1) is 8.22. The molecule has 1 aliphatic heterocycles. The number of benzene rings is 1. The van der Waals surface area contributed by atoms with Crippen LogP contribution in [0.1, 0.15) is 20.7 Å². The van der Waals surface area contributed by atoms with Crippen molar-refractivity contribution in [3.8, 4) is 5.75 Å². The summed E-state index contributed by atoms with van der Waals surface area (Å²) in [6, 6.07) is 4.28. The molecule has 1 aliphatic rings. The van der Waals surface area contributed by atoms with Crippen LogP contribution in [0.25, 0.3) is 0 Å². The number of carbonyl (C=O) groups excluding carboxylic acids is 2. The number of carbonyl (C=O) groups is 2. The zero-order chi connectivity index (χ0) is 12.3. The van der Waals surface area contributed by atoms with Crippen LogP contribution in [0.5, 0.6) is 5.75 Å². The highest BCUT2D eigenvalue weighted by Crippen LogP contribution is 2.20. The minimum Gasteiger partial charge on any atom is -0.507 e. The van der Waals surface area contributed by atoms with Crippen LogP contribution in [0, 0.1) is 0 Å². The third kappa shape index (κ3) is 2.45. The van der Waals surface area contributed by atoms with Crippen LogP contribution in [0.4, 0.5) is 0 Å². The largest absolute Gasteiger partial charge is 0.507 e. The Bertz CT molecular complexity index is 439. The number of aromatic hydroxyl groups is 1. The van der Waals surface area contributed by atoms with E-state index in [0.29, 0.717) is 24.9 Å². The van der Waals surface area contributed by atoms with E-state index in [-0.39, 0.29) is 17.2 Å². The highest BCUT2D eigenvalue weighted by Gasteiger charge is 2.20. The molecule has 0 unspecified atom stereocenters. The molecule has 1 amide bonds. The number of hydrogen-bond acceptors (Lipinski definition) is 4. The first-order valence-corrected chi connectivity index (χ1v) is 5.50. The third-order valence-electron chi connectivity index (χ3n) is 2.79. The van der Waals surface area contributed by atoms with Gasteiger partial charge in [-0.2, -0.15) is 0 Å². The number of nitrogens with one attached hydrogen (secondary N) is 1. The lowest BCUT2D eigenvalue weighted by Crippen LogP contribution is -2.46. The number of aldehydes is 1. The molecule has 0 atom stereocenters. The van der Waals surface area contributed by atoms with Gasteiger partial charge in [0.05, 0.1) is 5.56 Å². The Morgan fingerprint density at radius 2 is 2.06 bits per heavy atom. The topological polar surface area (TPSA) is 69.6 Å². The summed E-state index contributed by atoms with van der Waals surface area (Å²) in [6.45, 7) is 2.73. The highest BCUT2D eigenvalue weighted by molar-refractivity contribution is 5.98. The second-order valence-corrected chi connectivity index (χ2v) is 3.94. The summed E-state index contributed by atoms with van der Waals surface area (Å²) in [7, 11) is 0. The zero-order valence-electron chi connectivity index (χ0n) is 9.35. The van der Waals surface area contributed by atoms with Crippen molar-refractivity contribution in [3.63, 3.8) is 0 Å². The summed E-state index contributed by atoms with van der Waals surface area (Å²) in [5, 5.41) is 12.8. The van der Waals surface area contributed by atoms with Crippen LogP contribution in [0.3, 0.4) is 0 Å². The molecule has 0 aromatic heterocycles. The second-order valence-electron chi connectivity index (χ2n) is 3.94. The van der Waals surface area contributed by atoms with Crippen molar-refractivity contribution in [1.82, 2.24) is 10.2 Å². The quantitative estimate of drug-likeness (QED) is 0.720. The lowest BCUT2D eigenvalue weighted by atomic mass is 10.1. The maximum atomic E-state index is 12.1. The van der Waals surface area contributed by atoms with E-state index in [2.05, 4.69) is 5.32 Å². The average Bonchev–Trinajstić information content (AvgIpc) is 2.39. The molecule has 1 saturated heterocycles. The summed E-state index contributed by atoms with van der Waals surface area (Å²) in [6.07, 6.45) is 0.661. The van der Waals surface area contributed by atoms with Crippen LogP contribution < -0.4 is 5.32 Å². The summed E-state index contributed by atoms with van der Waals surface area (Å²) in [5.74, 6) is -0.313. The van der Waals surface area contributed by atoms with Crippen molar-refractivity contribution in [2.24, 2.45) is 0 Å². The number of amides is 1. The van der Waals surface area contributed by atoms with Crippen LogP contribution in [0.15, 0.2) is 18.2 Å². The molecule has 0 bridgehead atoms. The van der Waals surface area contributed by atoms with Gasteiger partial charge >= 0.3 is 0 Å². The number of phenols is 1. The SMILES string of the molecule is O=Cc1ccc(O)c(C(=O)N2CCNCC2)c1. The van der Waals surface area contributed by atoms with E-state index in [1.165, 1.54) is 18.2 Å². The summed E-state index contributed by atoms with van der Waals surface area (Å²) >= 11 is 0. The van der Waals surface area contributed by atoms with Crippen LogP contribution >= 0.6 is 0 Å². The number of rotatable bonds is 2. The molecule has 17 heavy (non-hydrogen) atoms. The number of phenolic OH excluding ortho intramolecular Hbond substituents is 1. The van der Waals surface area contributed by atoms with Gasteiger partial charge < -0.3 is 15.3 Å². The second kappa shape index (κ2) is 4.97. The van der Waals surface area contributed by atoms with Gasteiger partial charge in [-0.05, 0) is 18.2 Å². The first-order valence-electron chi connectivity index (χ1n) is 5.50. The molecule has 0 aliphatic carbocycles. The van der Waals surface area contributed by atoms with Crippen molar-refractivity contribution < 1.29 is 14.7 Å². The number of hydrogen-bond donors (Lipinski definition) is 2. The molecule has 1 heterocycles. The Labute approximate surface area is 99.0 Å². The lowest BCUT2D eigenvalue weighted by Gasteiger charge is -2.27. The molecule has 0 saturated carbocycles. The van der Waals surface area contributed by atoms with Crippen molar-refractivity contribution in [2.45, 2.75) is 0 Å². The first kappa shape index (κ1) is 11.6. The molecule has 1 aromatic rings. The molecular formula is C12H14N2O3. The predicted molar refractivity (Wildman–Crippen MR) is 62.3 cm³/mol. The number of piperazine rings is 1. The van der Waals surface area contributed by atoms with Gasteiger partial charge in [-0.15, -0.1) is 0 Å². The van der Waals surface area contributed by atoms with Crippen molar-refractivity contribution in [3.05, 3.63) is 29.3 Å². The van der Waals surface area contributed by atoms with Crippen LogP contribution in [0.2, 0.25) is 0 Å². The molecule has 5 nitrogen and oxygen atoms in total. The summed E-state index contributed by atoms with van der Waals surface area (Å²) in [4.78, 5) is 24.4. The minimum atomic E-state index is -0.229. The fraction of sp³-hybridized carbons (Fsp3) is 0.333. The molecule has 5 heteroatoms. The van der Waals surface area contributed by atoms with Gasteiger partial charge in [-0.25, -0.2) is 0 Å². The monoisotopic (exact) mass is 234 g/mol. The Morgan fingerprint density at radius 1 is 1.35 bits per heavy atom. The predicted octanol–water partition coefficient (Wildman–Crippen LogP) is 0.250. The maximum Gasteiger partial charge on any atom is 0.257 e. The van der Waals surface area contributed by atoms with E-state index >= 15 is 0 Å². The van der Waals surface area contributed by atoms with Crippen LogP contribution in [-0.2, 0) is 0 Å². The summed E-state index contributed by atoms with van der Waals surface area (Å²) < 4.78 is 0. The molecule has 0 radical (unpaired) electrons. The fourth-order valence-corrected chi connectivity index (χ4v) is 1.84. The van der Waals surface area contributed by atoms with E-state index in [0.717, 1.165) is 13.1 Å². The van der Waals surface area contributed by atoms with E-state index < -0.39 is 0 Å². The Balaban J connectivity index is 2.25. The summed E-state index contributed by atoms with van der Waals surface area (Å²) in [5.41, 5.74) is 0.581. The molecule has 1 fully saturated rings. The smallest absolute Gasteiger partial charge is 0.257 e. The minimum absolute atomic E-state index is 0.0841. The van der Waals surface area contributed by atoms with E-state index in [4.69, 9.17) is 0 Å². The van der Waals surface area contributed by atoms with Gasteiger partial charge in [-0.3, -0.25) is 9.59 Å². The van der Waals surface area contributed by atoms with E-state index in [1.807, 2.05) is 0 Å². The highest BCUT2D eigenvalue weighted by atomic mass is 16.3. The Morgan fingerprint density at radius 3 is 2.71 bits per heavy atom. The Hall–Kier alpha value is -1.88. The van der Waals surface area contributed by atoms with Gasteiger partial charge in [0.2, 0.25) is 0 Å². The van der Waals surface area contributed by atoms with Gasteiger partial charge in [0.25, 0.3) is 5.91 Å². The van der Waals surface area contributed by atoms with Crippen LogP contribution in [-0.4, -0.2) is 48.4 Å². The Kier molecular flexibility index (Phi) is 3.39. The molecule has 2 rings (SSSR count). The zero-order valence-corrected chi connectivity index (χ0v) is 9.35. The van der Waals surface area contributed by atoms with Gasteiger partial charge in [-0.1, -0.05) is 0 Å². The molecule has 90 valence electrons. The normalized spacial score (nSPS) is 15.6. The molecule has 2 N–H and O–H groups in total. The molecule has 0 spiro atoms. The van der Waals surface area contributed by atoms with E-state index in [9.17, 15) is 14.7 Å².